The molecule has 1 aromatic heterocycles. The Labute approximate surface area is 95.3 Å². The number of nitrogens with one attached hydrogen (secondary N) is 1. The Morgan fingerprint density at radius 1 is 1.50 bits per heavy atom. The average molecular weight is 235 g/mol. The Morgan fingerprint density at radius 3 is 3.00 bits per heavy atom. The minimum atomic E-state index is -0.354. The molecule has 5 nitrogen and oxygen atoms in total. The molecule has 0 saturated heterocycles. The van der Waals surface area contributed by atoms with Gasteiger partial charge in [-0.3, -0.25) is 10.1 Å². The van der Waals surface area contributed by atoms with Crippen molar-refractivity contribution in [1.82, 2.24) is 4.98 Å². The fourth-order valence-corrected chi connectivity index (χ4v) is 2.35. The van der Waals surface area contributed by atoms with E-state index in [0.29, 0.717) is 17.2 Å². The van der Waals surface area contributed by atoms with Gasteiger partial charge >= 0.3 is 5.69 Å². The summed E-state index contributed by atoms with van der Waals surface area (Å²) in [5.74, 6) is 0. The lowest BCUT2D eigenvalue weighted by molar-refractivity contribution is -0.382. The molecule has 0 atom stereocenters. The van der Waals surface area contributed by atoms with Gasteiger partial charge in [0.05, 0.1) is 15.1 Å². The summed E-state index contributed by atoms with van der Waals surface area (Å²) in [5, 5.41) is 14.2. The lowest BCUT2D eigenvalue weighted by atomic mass is 10.2. The molecule has 0 bridgehead atoms. The third kappa shape index (κ3) is 1.51. The summed E-state index contributed by atoms with van der Waals surface area (Å²) in [6.07, 6.45) is 2.18. The zero-order valence-electron chi connectivity index (χ0n) is 8.34. The fourth-order valence-electron chi connectivity index (χ4n) is 1.67. The van der Waals surface area contributed by atoms with E-state index in [2.05, 4.69) is 10.3 Å². The van der Waals surface area contributed by atoms with Gasteiger partial charge in [-0.1, -0.05) is 0 Å². The number of thiazole rings is 1. The van der Waals surface area contributed by atoms with E-state index in [1.165, 1.54) is 11.3 Å². The summed E-state index contributed by atoms with van der Waals surface area (Å²) in [4.78, 5) is 14.8. The molecule has 0 unspecified atom stereocenters. The number of nitro benzene ring substituents is 1. The predicted molar refractivity (Wildman–Crippen MR) is 62.9 cm³/mol. The maximum atomic E-state index is 11.1. The molecule has 0 spiro atoms. The summed E-state index contributed by atoms with van der Waals surface area (Å²) in [6, 6.07) is 4.05. The van der Waals surface area contributed by atoms with Gasteiger partial charge in [0.25, 0.3) is 0 Å². The van der Waals surface area contributed by atoms with Crippen molar-refractivity contribution < 1.29 is 4.92 Å². The number of benzene rings is 1. The minimum Gasteiger partial charge on any atom is -0.377 e. The maximum Gasteiger partial charge on any atom is 0.319 e. The molecule has 1 heterocycles. The summed E-state index contributed by atoms with van der Waals surface area (Å²) in [5.41, 5.74) is 2.82. The van der Waals surface area contributed by atoms with Crippen LogP contribution in [0.25, 0.3) is 10.2 Å². The van der Waals surface area contributed by atoms with Gasteiger partial charge in [0, 0.05) is 6.04 Å². The second-order valence-corrected chi connectivity index (χ2v) is 4.72. The van der Waals surface area contributed by atoms with Gasteiger partial charge in [-0.05, 0) is 25.0 Å². The van der Waals surface area contributed by atoms with Crippen LogP contribution in [0, 0.1) is 10.1 Å². The number of nitro groups is 1. The number of aromatic nitrogens is 1. The van der Waals surface area contributed by atoms with Crippen molar-refractivity contribution in [3.05, 3.63) is 27.8 Å². The second kappa shape index (κ2) is 3.41. The quantitative estimate of drug-likeness (QED) is 0.656. The third-order valence-corrected chi connectivity index (χ3v) is 3.39. The van der Waals surface area contributed by atoms with Crippen LogP contribution in [0.4, 0.5) is 11.4 Å². The molecule has 0 amide bonds. The van der Waals surface area contributed by atoms with E-state index in [4.69, 9.17) is 0 Å². The first-order valence-corrected chi connectivity index (χ1v) is 5.91. The normalized spacial score (nSPS) is 15.2. The van der Waals surface area contributed by atoms with Gasteiger partial charge in [-0.15, -0.1) is 11.3 Å². The lowest BCUT2D eigenvalue weighted by Gasteiger charge is -2.05. The summed E-state index contributed by atoms with van der Waals surface area (Å²) >= 11 is 1.42. The zero-order valence-corrected chi connectivity index (χ0v) is 9.16. The van der Waals surface area contributed by atoms with Crippen LogP contribution >= 0.6 is 11.3 Å². The molecule has 6 heteroatoms. The van der Waals surface area contributed by atoms with Crippen molar-refractivity contribution in [2.24, 2.45) is 0 Å². The maximum absolute atomic E-state index is 11.1. The van der Waals surface area contributed by atoms with E-state index in [-0.39, 0.29) is 10.6 Å². The highest BCUT2D eigenvalue weighted by Gasteiger charge is 2.26. The highest BCUT2D eigenvalue weighted by atomic mass is 32.1. The van der Waals surface area contributed by atoms with Crippen LogP contribution in [0.1, 0.15) is 12.8 Å². The Bertz CT molecular complexity index is 562. The Balaban J connectivity index is 2.17. The molecule has 1 aliphatic carbocycles. The van der Waals surface area contributed by atoms with Crippen molar-refractivity contribution in [1.29, 1.82) is 0 Å². The van der Waals surface area contributed by atoms with Crippen LogP contribution in [0.5, 0.6) is 0 Å². The first-order chi connectivity index (χ1) is 7.75. The highest BCUT2D eigenvalue weighted by Crippen LogP contribution is 2.36. The van der Waals surface area contributed by atoms with Crippen molar-refractivity contribution in [3.8, 4) is 0 Å². The van der Waals surface area contributed by atoms with Crippen molar-refractivity contribution in [3.63, 3.8) is 0 Å². The molecule has 16 heavy (non-hydrogen) atoms. The molecule has 1 fully saturated rings. The number of rotatable bonds is 3. The molecule has 2 aromatic rings. The molecule has 1 N–H and O–H groups in total. The van der Waals surface area contributed by atoms with Gasteiger partial charge in [0.15, 0.2) is 5.52 Å². The second-order valence-electron chi connectivity index (χ2n) is 3.84. The Morgan fingerprint density at radius 2 is 2.31 bits per heavy atom. The number of nitrogens with zero attached hydrogens (tertiary/aromatic N) is 2. The monoisotopic (exact) mass is 235 g/mol. The van der Waals surface area contributed by atoms with Gasteiger partial charge in [-0.25, -0.2) is 4.98 Å². The molecular weight excluding hydrogens is 226 g/mol. The molecule has 0 radical (unpaired) electrons. The third-order valence-electron chi connectivity index (χ3n) is 2.60. The van der Waals surface area contributed by atoms with E-state index in [1.807, 2.05) is 6.07 Å². The first-order valence-electron chi connectivity index (χ1n) is 5.03. The molecule has 82 valence electrons. The predicted octanol–water partition coefficient (Wildman–Crippen LogP) is 2.78. The number of hydrogen-bond acceptors (Lipinski definition) is 5. The Kier molecular flexibility index (Phi) is 2.03. The summed E-state index contributed by atoms with van der Waals surface area (Å²) in [6.45, 7) is 0. The Hall–Kier alpha value is -1.69. The average Bonchev–Trinajstić information content (AvgIpc) is 2.93. The number of hydrogen-bond donors (Lipinski definition) is 1. The largest absolute Gasteiger partial charge is 0.377 e. The lowest BCUT2D eigenvalue weighted by Crippen LogP contribution is -2.04. The van der Waals surface area contributed by atoms with Crippen LogP contribution in [0.15, 0.2) is 17.6 Å². The van der Waals surface area contributed by atoms with Gasteiger partial charge in [0.2, 0.25) is 0 Å². The molecular formula is C10H9N3O2S. The van der Waals surface area contributed by atoms with Gasteiger partial charge < -0.3 is 5.32 Å². The molecule has 1 aliphatic rings. The van der Waals surface area contributed by atoms with E-state index in [0.717, 1.165) is 17.5 Å². The summed E-state index contributed by atoms with van der Waals surface area (Å²) in [7, 11) is 0. The minimum absolute atomic E-state index is 0.102. The van der Waals surface area contributed by atoms with Crippen LogP contribution < -0.4 is 5.32 Å². The molecule has 1 saturated carbocycles. The van der Waals surface area contributed by atoms with Crippen molar-refractivity contribution >= 4 is 32.9 Å². The van der Waals surface area contributed by atoms with E-state index >= 15 is 0 Å². The number of fused-ring (bicyclic) bond motifs is 1. The van der Waals surface area contributed by atoms with Crippen molar-refractivity contribution in [2.45, 2.75) is 18.9 Å². The number of anilines is 1. The van der Waals surface area contributed by atoms with Crippen LogP contribution in [0.3, 0.4) is 0 Å². The summed E-state index contributed by atoms with van der Waals surface area (Å²) < 4.78 is 0.855. The van der Waals surface area contributed by atoms with Crippen LogP contribution in [-0.2, 0) is 0 Å². The van der Waals surface area contributed by atoms with E-state index in [9.17, 15) is 10.1 Å². The van der Waals surface area contributed by atoms with Crippen LogP contribution in [0.2, 0.25) is 0 Å². The molecule has 3 rings (SSSR count). The molecule has 1 aromatic carbocycles. The molecule has 0 aliphatic heterocycles. The van der Waals surface area contributed by atoms with Crippen molar-refractivity contribution in [2.75, 3.05) is 5.32 Å². The van der Waals surface area contributed by atoms with Gasteiger partial charge in [0.1, 0.15) is 5.69 Å². The standard InChI is InChI=1S/C10H9N3O2S/c14-13(15)10-7(12-6-1-2-6)3-4-8-9(10)11-5-16-8/h3-6,12H,1-2H2. The zero-order chi connectivity index (χ0) is 11.1. The topological polar surface area (TPSA) is 68.1 Å². The van der Waals surface area contributed by atoms with Gasteiger partial charge in [-0.2, -0.15) is 0 Å². The highest BCUT2D eigenvalue weighted by molar-refractivity contribution is 7.16. The van der Waals surface area contributed by atoms with E-state index in [1.54, 1.807) is 11.6 Å². The fraction of sp³-hybridized carbons (Fsp3) is 0.300. The van der Waals surface area contributed by atoms with E-state index < -0.39 is 0 Å². The van der Waals surface area contributed by atoms with Crippen LogP contribution in [-0.4, -0.2) is 15.9 Å². The first kappa shape index (κ1) is 9.53. The SMILES string of the molecule is O=[N+]([O-])c1c(NC2CC2)ccc2scnc12. The smallest absolute Gasteiger partial charge is 0.319 e.